The van der Waals surface area contributed by atoms with E-state index in [1.165, 1.54) is 0 Å². The van der Waals surface area contributed by atoms with Crippen LogP contribution in [0.15, 0.2) is 24.3 Å². The van der Waals surface area contributed by atoms with E-state index in [4.69, 9.17) is 5.73 Å². The molecule has 1 aliphatic rings. The third kappa shape index (κ3) is 2.45. The SMILES string of the molecule is NC1(N[SH](=O)=O)C=CC=CC1. The third-order valence-electron chi connectivity index (χ3n) is 1.40. The van der Waals surface area contributed by atoms with Gasteiger partial charge in [0.15, 0.2) is 0 Å². The van der Waals surface area contributed by atoms with Crippen LogP contribution in [0.5, 0.6) is 0 Å². The van der Waals surface area contributed by atoms with E-state index in [0.29, 0.717) is 6.42 Å². The molecule has 1 aliphatic carbocycles. The maximum Gasteiger partial charge on any atom is 0.203 e. The lowest BCUT2D eigenvalue weighted by Gasteiger charge is -2.23. The number of nitrogens with two attached hydrogens (primary N) is 1. The molecule has 1 unspecified atom stereocenters. The Morgan fingerprint density at radius 1 is 1.45 bits per heavy atom. The fourth-order valence-corrected chi connectivity index (χ4v) is 1.40. The van der Waals surface area contributed by atoms with Crippen LogP contribution in [0.25, 0.3) is 0 Å². The first-order chi connectivity index (χ1) is 5.12. The van der Waals surface area contributed by atoms with Crippen molar-refractivity contribution in [2.75, 3.05) is 0 Å². The molecule has 0 fully saturated rings. The number of hydrogen-bond acceptors (Lipinski definition) is 3. The average molecular weight is 174 g/mol. The number of nitrogens with one attached hydrogen (secondary N) is 1. The molecule has 62 valence electrons. The van der Waals surface area contributed by atoms with Gasteiger partial charge in [-0.3, -0.25) is 0 Å². The van der Waals surface area contributed by atoms with Gasteiger partial charge in [-0.2, -0.15) is 4.72 Å². The van der Waals surface area contributed by atoms with E-state index in [0.717, 1.165) is 0 Å². The fourth-order valence-electron chi connectivity index (χ4n) is 0.890. The highest BCUT2D eigenvalue weighted by atomic mass is 32.2. The zero-order valence-electron chi connectivity index (χ0n) is 5.86. The number of hydrogen-bond donors (Lipinski definition) is 3. The Kier molecular flexibility index (Phi) is 2.43. The highest BCUT2D eigenvalue weighted by molar-refractivity contribution is 7.70. The summed E-state index contributed by atoms with van der Waals surface area (Å²) in [5.41, 5.74) is 4.71. The van der Waals surface area contributed by atoms with E-state index in [-0.39, 0.29) is 0 Å². The molecule has 0 aromatic heterocycles. The molecule has 0 radical (unpaired) electrons. The zero-order chi connectivity index (χ0) is 8.32. The quantitative estimate of drug-likeness (QED) is 0.382. The van der Waals surface area contributed by atoms with Gasteiger partial charge in [0, 0.05) is 6.42 Å². The van der Waals surface area contributed by atoms with Gasteiger partial charge in [0.25, 0.3) is 0 Å². The second-order valence-corrected chi connectivity index (χ2v) is 3.14. The average Bonchev–Trinajstić information content (AvgIpc) is 1.85. The standard InChI is InChI=1S/C6H10N2O2S/c7-6(8-11(9)10)4-2-1-3-5-6/h1-4,11H,5,7H2,(H,8,9,10). The second-order valence-electron chi connectivity index (χ2n) is 2.40. The predicted molar refractivity (Wildman–Crippen MR) is 43.3 cm³/mol. The first kappa shape index (κ1) is 8.45. The first-order valence-electron chi connectivity index (χ1n) is 3.18. The van der Waals surface area contributed by atoms with Crippen molar-refractivity contribution in [3.63, 3.8) is 0 Å². The van der Waals surface area contributed by atoms with Crippen molar-refractivity contribution in [3.05, 3.63) is 24.3 Å². The van der Waals surface area contributed by atoms with E-state index in [9.17, 15) is 8.42 Å². The maximum atomic E-state index is 10.3. The van der Waals surface area contributed by atoms with Crippen LogP contribution in [0.1, 0.15) is 6.42 Å². The molecule has 0 saturated heterocycles. The van der Waals surface area contributed by atoms with Crippen LogP contribution < -0.4 is 10.5 Å². The Hall–Kier alpha value is -0.650. The normalized spacial score (nSPS) is 29.6. The Morgan fingerprint density at radius 3 is 2.64 bits per heavy atom. The van der Waals surface area contributed by atoms with Gasteiger partial charge in [0.1, 0.15) is 5.66 Å². The van der Waals surface area contributed by atoms with Gasteiger partial charge in [-0.15, -0.1) is 0 Å². The monoisotopic (exact) mass is 174 g/mol. The molecule has 0 saturated carbocycles. The van der Waals surface area contributed by atoms with Crippen LogP contribution in [-0.2, 0) is 10.9 Å². The molecule has 1 rings (SSSR count). The largest absolute Gasteiger partial charge is 0.309 e. The Bertz CT molecular complexity index is 262. The number of thiol groups is 1. The van der Waals surface area contributed by atoms with Crippen LogP contribution in [0.4, 0.5) is 0 Å². The smallest absolute Gasteiger partial charge is 0.203 e. The van der Waals surface area contributed by atoms with Crippen LogP contribution in [-0.4, -0.2) is 14.1 Å². The van der Waals surface area contributed by atoms with E-state index in [2.05, 4.69) is 4.72 Å². The van der Waals surface area contributed by atoms with Crippen LogP contribution >= 0.6 is 0 Å². The second kappa shape index (κ2) is 3.17. The summed E-state index contributed by atoms with van der Waals surface area (Å²) >= 11 is 0. The first-order valence-corrected chi connectivity index (χ1v) is 4.36. The zero-order valence-corrected chi connectivity index (χ0v) is 6.75. The molecule has 0 heterocycles. The van der Waals surface area contributed by atoms with E-state index < -0.39 is 16.6 Å². The molecule has 0 bridgehead atoms. The van der Waals surface area contributed by atoms with Crippen LogP contribution in [0.3, 0.4) is 0 Å². The molecular formula is C6H10N2O2S. The van der Waals surface area contributed by atoms with Gasteiger partial charge < -0.3 is 5.73 Å². The minimum Gasteiger partial charge on any atom is -0.309 e. The third-order valence-corrected chi connectivity index (χ3v) is 1.99. The molecule has 4 nitrogen and oxygen atoms in total. The van der Waals surface area contributed by atoms with E-state index in [1.54, 1.807) is 12.2 Å². The van der Waals surface area contributed by atoms with Crippen molar-refractivity contribution in [1.82, 2.24) is 4.72 Å². The van der Waals surface area contributed by atoms with Gasteiger partial charge in [-0.05, 0) is 6.08 Å². The van der Waals surface area contributed by atoms with E-state index >= 15 is 0 Å². The summed E-state index contributed by atoms with van der Waals surface area (Å²) in [5.74, 6) is 0. The summed E-state index contributed by atoms with van der Waals surface area (Å²) in [6.07, 6.45) is 7.47. The van der Waals surface area contributed by atoms with Gasteiger partial charge in [-0.1, -0.05) is 18.2 Å². The van der Waals surface area contributed by atoms with E-state index in [1.807, 2.05) is 12.2 Å². The topological polar surface area (TPSA) is 72.2 Å². The minimum absolute atomic E-state index is 0.493. The van der Waals surface area contributed by atoms with Gasteiger partial charge in [-0.25, -0.2) is 8.42 Å². The fraction of sp³-hybridized carbons (Fsp3) is 0.333. The molecule has 1 atom stereocenters. The summed E-state index contributed by atoms with van der Waals surface area (Å²) in [6, 6.07) is 0. The molecule has 0 spiro atoms. The molecular weight excluding hydrogens is 164 g/mol. The van der Waals surface area contributed by atoms with Crippen molar-refractivity contribution in [1.29, 1.82) is 0 Å². The number of rotatable bonds is 2. The van der Waals surface area contributed by atoms with Crippen molar-refractivity contribution < 1.29 is 8.42 Å². The minimum atomic E-state index is -2.63. The van der Waals surface area contributed by atoms with Gasteiger partial charge in [0.2, 0.25) is 10.9 Å². The van der Waals surface area contributed by atoms with Crippen LogP contribution in [0, 0.1) is 0 Å². The van der Waals surface area contributed by atoms with Gasteiger partial charge >= 0.3 is 0 Å². The Morgan fingerprint density at radius 2 is 2.18 bits per heavy atom. The lowest BCUT2D eigenvalue weighted by molar-refractivity contribution is 0.489. The Labute approximate surface area is 66.9 Å². The molecule has 0 aromatic carbocycles. The van der Waals surface area contributed by atoms with Crippen LogP contribution in [0.2, 0.25) is 0 Å². The Balaban J connectivity index is 2.68. The predicted octanol–water partition coefficient (Wildman–Crippen LogP) is -0.727. The lowest BCUT2D eigenvalue weighted by Crippen LogP contribution is -2.51. The lowest BCUT2D eigenvalue weighted by atomic mass is 10.0. The molecule has 0 aliphatic heterocycles. The summed E-state index contributed by atoms with van der Waals surface area (Å²) < 4.78 is 22.8. The highest BCUT2D eigenvalue weighted by Crippen LogP contribution is 2.10. The molecule has 0 aromatic rings. The van der Waals surface area contributed by atoms with Crippen molar-refractivity contribution >= 4 is 10.9 Å². The van der Waals surface area contributed by atoms with Gasteiger partial charge in [0.05, 0.1) is 0 Å². The molecule has 11 heavy (non-hydrogen) atoms. The van der Waals surface area contributed by atoms with Crippen molar-refractivity contribution in [2.45, 2.75) is 12.1 Å². The molecule has 3 N–H and O–H groups in total. The maximum absolute atomic E-state index is 10.3. The summed E-state index contributed by atoms with van der Waals surface area (Å²) in [4.78, 5) is 0. The van der Waals surface area contributed by atoms with Crippen molar-refractivity contribution in [3.8, 4) is 0 Å². The van der Waals surface area contributed by atoms with Crippen molar-refractivity contribution in [2.24, 2.45) is 5.73 Å². The summed E-state index contributed by atoms with van der Waals surface area (Å²) in [7, 11) is -2.63. The summed E-state index contributed by atoms with van der Waals surface area (Å²) in [5, 5.41) is 0. The molecule has 5 heteroatoms. The summed E-state index contributed by atoms with van der Waals surface area (Å²) in [6.45, 7) is 0. The highest BCUT2D eigenvalue weighted by Gasteiger charge is 2.21. The molecule has 0 amide bonds. The number of allylic oxidation sites excluding steroid dienone is 2.